The lowest BCUT2D eigenvalue weighted by Crippen LogP contribution is -2.14. The van der Waals surface area contributed by atoms with Gasteiger partial charge in [-0.1, -0.05) is 0 Å². The van der Waals surface area contributed by atoms with Crippen LogP contribution in [0.4, 0.5) is 5.95 Å². The average Bonchev–Trinajstić information content (AvgIpc) is 2.89. The quantitative estimate of drug-likeness (QED) is 0.836. The standard InChI is InChI=1S/C13H12N4O3S/c1-7-8(2)16-17-13(14-7)15-12(20)9-5-10(21-6-9)3-4-11(18)19/h3-6H,1-2H3,(H,18,19)(H,14,15,17,20)/b4-3+. The number of nitrogens with zero attached hydrogens (tertiary/aromatic N) is 3. The molecule has 108 valence electrons. The van der Waals surface area contributed by atoms with Gasteiger partial charge in [0.05, 0.1) is 17.0 Å². The predicted molar refractivity (Wildman–Crippen MR) is 78.2 cm³/mol. The van der Waals surface area contributed by atoms with Gasteiger partial charge in [-0.25, -0.2) is 9.78 Å². The van der Waals surface area contributed by atoms with Crippen LogP contribution in [0.2, 0.25) is 0 Å². The Bertz CT molecular complexity index is 724. The molecule has 8 heteroatoms. The normalized spacial score (nSPS) is 10.8. The maximum absolute atomic E-state index is 12.0. The van der Waals surface area contributed by atoms with E-state index in [0.717, 1.165) is 6.08 Å². The third kappa shape index (κ3) is 3.93. The fourth-order valence-corrected chi connectivity index (χ4v) is 2.18. The minimum absolute atomic E-state index is 0.136. The van der Waals surface area contributed by atoms with Crippen molar-refractivity contribution >= 4 is 35.2 Å². The van der Waals surface area contributed by atoms with Crippen LogP contribution < -0.4 is 5.32 Å². The molecular formula is C13H12N4O3S. The Morgan fingerprint density at radius 2 is 2.05 bits per heavy atom. The molecule has 0 aromatic carbocycles. The molecule has 0 aliphatic heterocycles. The van der Waals surface area contributed by atoms with Crippen LogP contribution in [0.1, 0.15) is 26.6 Å². The topological polar surface area (TPSA) is 105 Å². The SMILES string of the molecule is Cc1nnc(NC(=O)c2csc(/C=C/C(=O)O)c2)nc1C. The number of hydrogen-bond donors (Lipinski definition) is 2. The smallest absolute Gasteiger partial charge is 0.328 e. The number of amides is 1. The maximum atomic E-state index is 12.0. The van der Waals surface area contributed by atoms with Gasteiger partial charge in [-0.3, -0.25) is 10.1 Å². The molecule has 0 unspecified atom stereocenters. The van der Waals surface area contributed by atoms with Crippen molar-refractivity contribution in [3.8, 4) is 0 Å². The second kappa shape index (κ2) is 6.23. The van der Waals surface area contributed by atoms with Crippen molar-refractivity contribution < 1.29 is 14.7 Å². The first-order chi connectivity index (χ1) is 9.95. The summed E-state index contributed by atoms with van der Waals surface area (Å²) in [6, 6.07) is 1.59. The van der Waals surface area contributed by atoms with E-state index in [2.05, 4.69) is 20.5 Å². The number of thiophene rings is 1. The highest BCUT2D eigenvalue weighted by Gasteiger charge is 2.11. The summed E-state index contributed by atoms with van der Waals surface area (Å²) in [7, 11) is 0. The molecule has 2 aromatic heterocycles. The van der Waals surface area contributed by atoms with Crippen LogP contribution in [0.15, 0.2) is 17.5 Å². The van der Waals surface area contributed by atoms with Crippen molar-refractivity contribution in [2.24, 2.45) is 0 Å². The molecule has 0 radical (unpaired) electrons. The Hall–Kier alpha value is -2.61. The first-order valence-corrected chi connectivity index (χ1v) is 6.82. The number of carboxylic acid groups (broad SMARTS) is 1. The number of hydrogen-bond acceptors (Lipinski definition) is 6. The summed E-state index contributed by atoms with van der Waals surface area (Å²) >= 11 is 1.27. The van der Waals surface area contributed by atoms with Crippen molar-refractivity contribution in [1.29, 1.82) is 0 Å². The summed E-state index contributed by atoms with van der Waals surface area (Å²) in [4.78, 5) is 27.2. The summed E-state index contributed by atoms with van der Waals surface area (Å²) in [5.74, 6) is -1.27. The highest BCUT2D eigenvalue weighted by atomic mass is 32.1. The third-order valence-electron chi connectivity index (χ3n) is 2.59. The minimum atomic E-state index is -1.04. The Labute approximate surface area is 124 Å². The van der Waals surface area contributed by atoms with E-state index in [0.29, 0.717) is 21.8 Å². The summed E-state index contributed by atoms with van der Waals surface area (Å²) < 4.78 is 0. The van der Waals surface area contributed by atoms with E-state index in [9.17, 15) is 9.59 Å². The van der Waals surface area contributed by atoms with E-state index >= 15 is 0 Å². The Morgan fingerprint density at radius 3 is 2.71 bits per heavy atom. The van der Waals surface area contributed by atoms with E-state index < -0.39 is 5.97 Å². The van der Waals surface area contributed by atoms with E-state index in [-0.39, 0.29) is 11.9 Å². The summed E-state index contributed by atoms with van der Waals surface area (Å²) in [5.41, 5.74) is 1.80. The second-order valence-electron chi connectivity index (χ2n) is 4.17. The van der Waals surface area contributed by atoms with Crippen LogP contribution >= 0.6 is 11.3 Å². The third-order valence-corrected chi connectivity index (χ3v) is 3.49. The van der Waals surface area contributed by atoms with Crippen LogP contribution in [0.25, 0.3) is 6.08 Å². The highest BCUT2D eigenvalue weighted by molar-refractivity contribution is 7.11. The summed E-state index contributed by atoms with van der Waals surface area (Å²) in [6.45, 7) is 3.56. The number of rotatable bonds is 4. The molecule has 2 rings (SSSR count). The Morgan fingerprint density at radius 1 is 1.29 bits per heavy atom. The molecule has 0 bridgehead atoms. The van der Waals surface area contributed by atoms with Crippen molar-refractivity contribution in [1.82, 2.24) is 15.2 Å². The molecule has 2 aromatic rings. The lowest BCUT2D eigenvalue weighted by molar-refractivity contribution is -0.131. The van der Waals surface area contributed by atoms with Crippen LogP contribution in [-0.4, -0.2) is 32.2 Å². The van der Waals surface area contributed by atoms with E-state index in [1.165, 1.54) is 17.4 Å². The van der Waals surface area contributed by atoms with Gasteiger partial charge < -0.3 is 5.11 Å². The molecule has 2 heterocycles. The number of aliphatic carboxylic acids is 1. The van der Waals surface area contributed by atoms with Gasteiger partial charge in [0.15, 0.2) is 0 Å². The summed E-state index contributed by atoms with van der Waals surface area (Å²) in [5, 5.41) is 20.4. The van der Waals surface area contributed by atoms with Gasteiger partial charge in [-0.15, -0.1) is 16.4 Å². The zero-order chi connectivity index (χ0) is 15.4. The van der Waals surface area contributed by atoms with Crippen LogP contribution in [0, 0.1) is 13.8 Å². The van der Waals surface area contributed by atoms with Crippen LogP contribution in [-0.2, 0) is 4.79 Å². The number of carboxylic acids is 1. The first kappa shape index (κ1) is 14.8. The number of carbonyl (C=O) groups excluding carboxylic acids is 1. The van der Waals surface area contributed by atoms with Gasteiger partial charge in [0.1, 0.15) is 0 Å². The van der Waals surface area contributed by atoms with Gasteiger partial charge >= 0.3 is 5.97 Å². The number of aryl methyl sites for hydroxylation is 2. The fourth-order valence-electron chi connectivity index (χ4n) is 1.40. The van der Waals surface area contributed by atoms with Crippen LogP contribution in [0.5, 0.6) is 0 Å². The van der Waals surface area contributed by atoms with E-state index in [4.69, 9.17) is 5.11 Å². The monoisotopic (exact) mass is 304 g/mol. The minimum Gasteiger partial charge on any atom is -0.478 e. The molecule has 0 atom stereocenters. The second-order valence-corrected chi connectivity index (χ2v) is 5.11. The lowest BCUT2D eigenvalue weighted by atomic mass is 10.3. The molecule has 0 spiro atoms. The van der Waals surface area contributed by atoms with Crippen molar-refractivity contribution in [3.05, 3.63) is 39.4 Å². The van der Waals surface area contributed by atoms with E-state index in [1.54, 1.807) is 25.3 Å². The highest BCUT2D eigenvalue weighted by Crippen LogP contribution is 2.17. The number of nitrogens with one attached hydrogen (secondary N) is 1. The number of anilines is 1. The zero-order valence-electron chi connectivity index (χ0n) is 11.3. The van der Waals surface area contributed by atoms with Crippen LogP contribution in [0.3, 0.4) is 0 Å². The van der Waals surface area contributed by atoms with Gasteiger partial charge in [-0.2, -0.15) is 5.10 Å². The van der Waals surface area contributed by atoms with Gasteiger partial charge in [0, 0.05) is 16.3 Å². The Balaban J connectivity index is 2.10. The van der Waals surface area contributed by atoms with E-state index in [1.807, 2.05) is 0 Å². The van der Waals surface area contributed by atoms with Gasteiger partial charge in [0.2, 0.25) is 5.95 Å². The van der Waals surface area contributed by atoms with Gasteiger partial charge in [-0.05, 0) is 26.0 Å². The van der Waals surface area contributed by atoms with Crippen molar-refractivity contribution in [3.63, 3.8) is 0 Å². The Kier molecular flexibility index (Phi) is 4.39. The number of carbonyl (C=O) groups is 2. The molecule has 21 heavy (non-hydrogen) atoms. The molecule has 0 fully saturated rings. The molecule has 0 saturated carbocycles. The molecular weight excluding hydrogens is 292 g/mol. The maximum Gasteiger partial charge on any atom is 0.328 e. The molecule has 7 nitrogen and oxygen atoms in total. The lowest BCUT2D eigenvalue weighted by Gasteiger charge is -2.03. The fraction of sp³-hybridized carbons (Fsp3) is 0.154. The number of aromatic nitrogens is 3. The molecule has 0 aliphatic rings. The zero-order valence-corrected chi connectivity index (χ0v) is 12.1. The molecule has 0 saturated heterocycles. The molecule has 0 aliphatic carbocycles. The first-order valence-electron chi connectivity index (χ1n) is 5.94. The summed E-state index contributed by atoms with van der Waals surface area (Å²) in [6.07, 6.45) is 2.45. The average molecular weight is 304 g/mol. The molecule has 2 N–H and O–H groups in total. The molecule has 1 amide bonds. The van der Waals surface area contributed by atoms with Crippen molar-refractivity contribution in [2.75, 3.05) is 5.32 Å². The van der Waals surface area contributed by atoms with Crippen molar-refractivity contribution in [2.45, 2.75) is 13.8 Å². The largest absolute Gasteiger partial charge is 0.478 e. The predicted octanol–water partition coefficient (Wildman–Crippen LogP) is 1.90. The van der Waals surface area contributed by atoms with Gasteiger partial charge in [0.25, 0.3) is 5.91 Å².